The van der Waals surface area contributed by atoms with Crippen LogP contribution in [0.5, 0.6) is 0 Å². The quantitative estimate of drug-likeness (QED) is 0.100. The number of halogens is 2. The molecule has 4 aromatic carbocycles. The van der Waals surface area contributed by atoms with E-state index >= 15 is 0 Å². The van der Waals surface area contributed by atoms with Gasteiger partial charge >= 0.3 is 6.09 Å². The fraction of sp³-hybridized carbons (Fsp3) is 0.426. The summed E-state index contributed by atoms with van der Waals surface area (Å²) < 4.78 is 5.54. The van der Waals surface area contributed by atoms with Gasteiger partial charge in [-0.15, -0.1) is 23.2 Å². The first kappa shape index (κ1) is 53.3. The smallest absolute Gasteiger partial charge is 0.410 e. The van der Waals surface area contributed by atoms with E-state index < -0.39 is 5.60 Å². The van der Waals surface area contributed by atoms with Gasteiger partial charge in [-0.1, -0.05) is 60.7 Å². The van der Waals surface area contributed by atoms with Gasteiger partial charge in [0.1, 0.15) is 17.2 Å². The van der Waals surface area contributed by atoms with Gasteiger partial charge in [-0.05, 0) is 157 Å². The number of fused-ring (bicyclic) bond motifs is 2. The number of amides is 3. The molecule has 8 rings (SSSR count). The van der Waals surface area contributed by atoms with Crippen molar-refractivity contribution in [1.29, 1.82) is 0 Å². The third-order valence-electron chi connectivity index (χ3n) is 11.8. The number of hydrogen-bond acceptors (Lipinski definition) is 11. The summed E-state index contributed by atoms with van der Waals surface area (Å²) in [5.41, 5.74) is 0.771. The molecule has 0 bridgehead atoms. The van der Waals surface area contributed by atoms with Crippen molar-refractivity contribution < 1.29 is 19.1 Å². The van der Waals surface area contributed by atoms with Crippen molar-refractivity contribution >= 4 is 86.2 Å². The number of piperidine rings is 2. The molecule has 0 aliphatic carbocycles. The van der Waals surface area contributed by atoms with Crippen LogP contribution in [0.25, 0.3) is 21.5 Å². The lowest BCUT2D eigenvalue weighted by molar-refractivity contribution is 0.0185. The maximum atomic E-state index is 13.9. The third-order valence-corrected chi connectivity index (χ3v) is 11.8. The molecule has 14 nitrogen and oxygen atoms in total. The van der Waals surface area contributed by atoms with E-state index in [1.807, 2.05) is 138 Å². The van der Waals surface area contributed by atoms with Gasteiger partial charge in [0.25, 0.3) is 11.8 Å². The summed E-state index contributed by atoms with van der Waals surface area (Å²) in [6, 6.07) is 31.8. The maximum Gasteiger partial charge on any atom is 0.410 e. The van der Waals surface area contributed by atoms with E-state index in [1.54, 1.807) is 28.3 Å². The molecule has 0 unspecified atom stereocenters. The molecule has 0 saturated carbocycles. The number of alkyl halides is 2. The lowest BCUT2D eigenvalue weighted by Gasteiger charge is -2.35. The summed E-state index contributed by atoms with van der Waals surface area (Å²) in [4.78, 5) is 63.3. The van der Waals surface area contributed by atoms with Crippen molar-refractivity contribution in [1.82, 2.24) is 30.2 Å². The zero-order valence-corrected chi connectivity index (χ0v) is 43.0. The van der Waals surface area contributed by atoms with Crippen LogP contribution < -0.4 is 25.8 Å². The van der Waals surface area contributed by atoms with Crippen LogP contribution in [0.1, 0.15) is 94.9 Å². The molecule has 372 valence electrons. The summed E-state index contributed by atoms with van der Waals surface area (Å²) >= 11 is 9.53. The highest BCUT2D eigenvalue weighted by Gasteiger charge is 2.31. The first-order valence-electron chi connectivity index (χ1n) is 24.2. The molecule has 3 N–H and O–H groups in total. The van der Waals surface area contributed by atoms with E-state index in [0.29, 0.717) is 66.8 Å². The zero-order valence-electron chi connectivity index (χ0n) is 41.5. The van der Waals surface area contributed by atoms with Gasteiger partial charge in [-0.2, -0.15) is 9.97 Å². The van der Waals surface area contributed by atoms with Crippen LogP contribution in [-0.4, -0.2) is 105 Å². The lowest BCUT2D eigenvalue weighted by Crippen LogP contribution is -2.45. The highest BCUT2D eigenvalue weighted by atomic mass is 35.5. The molecule has 0 radical (unpaired) electrons. The molecule has 0 spiro atoms. The van der Waals surface area contributed by atoms with Crippen molar-refractivity contribution in [2.75, 3.05) is 65.0 Å². The zero-order chi connectivity index (χ0) is 50.2. The largest absolute Gasteiger partial charge is 0.444 e. The fourth-order valence-electron chi connectivity index (χ4n) is 8.38. The van der Waals surface area contributed by atoms with E-state index in [-0.39, 0.29) is 41.2 Å². The number of likely N-dealkylation sites (tertiary alicyclic amines) is 1. The van der Waals surface area contributed by atoms with Gasteiger partial charge < -0.3 is 25.6 Å². The minimum atomic E-state index is -0.522. The molecule has 70 heavy (non-hydrogen) atoms. The number of aromatic nitrogens is 4. The molecule has 0 atom stereocenters. The number of benzene rings is 4. The Balaban J connectivity index is 0.000000221. The van der Waals surface area contributed by atoms with E-state index in [0.717, 1.165) is 60.3 Å². The van der Waals surface area contributed by atoms with Gasteiger partial charge in [0.15, 0.2) is 0 Å². The summed E-state index contributed by atoms with van der Waals surface area (Å²) in [5.74, 6) is 2.79. The van der Waals surface area contributed by atoms with Gasteiger partial charge in [0.2, 0.25) is 11.9 Å². The van der Waals surface area contributed by atoms with Gasteiger partial charge in [-0.25, -0.2) is 14.8 Å². The topological polar surface area (TPSA) is 158 Å². The predicted molar refractivity (Wildman–Crippen MR) is 286 cm³/mol. The predicted octanol–water partition coefficient (Wildman–Crippen LogP) is 11.3. The molecule has 2 fully saturated rings. The second kappa shape index (κ2) is 25.7. The molecule has 6 aromatic rings. The minimum Gasteiger partial charge on any atom is -0.444 e. The standard InChI is InChI=1S/C29H37N5O3.C24H29N5O.CH2Cl2/c1-20(2)31-27-30-15-12-25(32-27)34(26(35)24-11-10-22-8-6-7-9-23(22)18-24)19-21-13-16-33(17-14-21)28(36)37-29(3,4)5;1-17(2)27-24-26-14-11-22(28-24)29(16-18-9-12-25-13-10-18)23(30)21-8-7-19-5-3-4-6-20(19)15-21;2-1-3/h6-12,15,18,20-21H,13-14,16-17,19H2,1-5H3,(H,30,31,32);3-8,11,14-15,17-18,25H,9-10,12-13,16H2,1-2H3,(H,26,27,28);1H2. The summed E-state index contributed by atoms with van der Waals surface area (Å²) in [7, 11) is 0. The Morgan fingerprint density at radius 2 is 1.07 bits per heavy atom. The van der Waals surface area contributed by atoms with Crippen LogP contribution in [0.3, 0.4) is 0 Å². The second-order valence-electron chi connectivity index (χ2n) is 19.2. The fourth-order valence-corrected chi connectivity index (χ4v) is 8.38. The molecule has 3 amide bonds. The van der Waals surface area contributed by atoms with Gasteiger partial charge in [0.05, 0.1) is 5.34 Å². The van der Waals surface area contributed by atoms with Crippen molar-refractivity contribution in [3.05, 3.63) is 121 Å². The number of ether oxygens (including phenoxy) is 1. The number of anilines is 4. The Kier molecular flexibility index (Phi) is 19.5. The Bertz CT molecular complexity index is 2650. The molecule has 16 heteroatoms. The van der Waals surface area contributed by atoms with Crippen molar-refractivity contribution in [2.45, 2.75) is 91.8 Å². The normalized spacial score (nSPS) is 14.3. The molecule has 2 aliphatic rings. The highest BCUT2D eigenvalue weighted by molar-refractivity contribution is 6.40. The van der Waals surface area contributed by atoms with Crippen LogP contribution in [-0.2, 0) is 4.74 Å². The number of hydrogen-bond donors (Lipinski definition) is 3. The molecule has 2 aromatic heterocycles. The number of nitrogens with one attached hydrogen (secondary N) is 3. The first-order valence-corrected chi connectivity index (χ1v) is 25.3. The third kappa shape index (κ3) is 15.7. The SMILES string of the molecule is CC(C)Nc1nccc(N(CC2CCN(C(=O)OC(C)(C)C)CC2)C(=O)c2ccc3ccccc3c2)n1.CC(C)Nc1nccc(N(CC2CCNCC2)C(=O)c2ccc3ccccc3c2)n1.ClCCl. The first-order chi connectivity index (χ1) is 33.6. The van der Waals surface area contributed by atoms with E-state index in [1.165, 1.54) is 0 Å². The highest BCUT2D eigenvalue weighted by Crippen LogP contribution is 2.27. The monoisotopic (exact) mass is 990 g/mol. The van der Waals surface area contributed by atoms with Crippen LogP contribution in [0, 0.1) is 11.8 Å². The van der Waals surface area contributed by atoms with E-state index in [9.17, 15) is 14.4 Å². The Morgan fingerprint density at radius 1 is 0.657 bits per heavy atom. The van der Waals surface area contributed by atoms with Crippen LogP contribution >= 0.6 is 23.2 Å². The minimum absolute atomic E-state index is 0.0199. The number of carbonyl (C=O) groups is 3. The summed E-state index contributed by atoms with van der Waals surface area (Å²) in [6.45, 7) is 18.1. The van der Waals surface area contributed by atoms with Crippen molar-refractivity contribution in [2.24, 2.45) is 11.8 Å². The molecule has 2 saturated heterocycles. The molecule has 2 aliphatic heterocycles. The Labute approximate surface area is 422 Å². The number of rotatable bonds is 12. The molecular weight excluding hydrogens is 924 g/mol. The Hall–Kier alpha value is -6.09. The number of nitrogens with zero attached hydrogens (tertiary/aromatic N) is 7. The summed E-state index contributed by atoms with van der Waals surface area (Å²) in [6.07, 6.45) is 6.80. The summed E-state index contributed by atoms with van der Waals surface area (Å²) in [5, 5.41) is 14.4. The van der Waals surface area contributed by atoms with Crippen molar-refractivity contribution in [3.8, 4) is 0 Å². The van der Waals surface area contributed by atoms with Crippen LogP contribution in [0.4, 0.5) is 28.3 Å². The van der Waals surface area contributed by atoms with E-state index in [2.05, 4.69) is 42.0 Å². The van der Waals surface area contributed by atoms with E-state index in [4.69, 9.17) is 27.9 Å². The molecule has 4 heterocycles. The van der Waals surface area contributed by atoms with Crippen LogP contribution in [0.2, 0.25) is 0 Å². The van der Waals surface area contributed by atoms with Crippen molar-refractivity contribution in [3.63, 3.8) is 0 Å². The second-order valence-corrected chi connectivity index (χ2v) is 20.0. The van der Waals surface area contributed by atoms with Gasteiger partial charge in [0, 0.05) is 61.8 Å². The Morgan fingerprint density at radius 3 is 1.49 bits per heavy atom. The lowest BCUT2D eigenvalue weighted by atomic mass is 9.96. The van der Waals surface area contributed by atoms with Gasteiger partial charge in [-0.3, -0.25) is 19.4 Å². The number of carbonyl (C=O) groups excluding carboxylic acids is 3. The average Bonchev–Trinajstić information content (AvgIpc) is 3.34. The maximum absolute atomic E-state index is 13.9. The molecular formula is C54H68Cl2N10O4. The average molecular weight is 992 g/mol. The van der Waals surface area contributed by atoms with Crippen LogP contribution in [0.15, 0.2) is 109 Å².